The lowest BCUT2D eigenvalue weighted by atomic mass is 10.1. The number of rotatable bonds is 7. The fourth-order valence-corrected chi connectivity index (χ4v) is 2.06. The first-order valence-corrected chi connectivity index (χ1v) is 7.08. The number of fused-ring (bicyclic) bond motifs is 1. The van der Waals surface area contributed by atoms with Crippen molar-refractivity contribution < 1.29 is 4.87 Å². The summed E-state index contributed by atoms with van der Waals surface area (Å²) < 4.78 is 0. The number of nitroso groups, excluding NO2 is 1. The zero-order valence-electron chi connectivity index (χ0n) is 11.9. The van der Waals surface area contributed by atoms with E-state index >= 15 is 0 Å². The van der Waals surface area contributed by atoms with Gasteiger partial charge in [-0.1, -0.05) is 24.7 Å². The second-order valence-corrected chi connectivity index (χ2v) is 4.78. The number of nitrogens with two attached hydrogens (primary N) is 1. The van der Waals surface area contributed by atoms with Crippen LogP contribution in [0.25, 0.3) is 0 Å². The van der Waals surface area contributed by atoms with Gasteiger partial charge in [-0.15, -0.1) is 12.4 Å². The molecule has 0 spiro atoms. The number of hydrogen-bond acceptors (Lipinski definition) is 4. The van der Waals surface area contributed by atoms with Gasteiger partial charge in [-0.05, 0) is 25.5 Å². The van der Waals surface area contributed by atoms with Gasteiger partial charge in [0.05, 0.1) is 4.91 Å². The first-order valence-electron chi connectivity index (χ1n) is 7.08. The van der Waals surface area contributed by atoms with E-state index in [1.165, 1.54) is 12.8 Å². The molecular formula is C13H22ClN6O+. The van der Waals surface area contributed by atoms with Crippen molar-refractivity contribution in [2.45, 2.75) is 38.1 Å². The molecule has 1 atom stereocenters. The van der Waals surface area contributed by atoms with Crippen LogP contribution in [0.1, 0.15) is 32.1 Å². The molecule has 2 aliphatic rings. The molecule has 0 bridgehead atoms. The van der Waals surface area contributed by atoms with E-state index in [9.17, 15) is 4.91 Å². The molecule has 116 valence electrons. The Bertz CT molecular complexity index is 471. The highest BCUT2D eigenvalue weighted by Gasteiger charge is 2.36. The lowest BCUT2D eigenvalue weighted by molar-refractivity contribution is -0.602. The van der Waals surface area contributed by atoms with Crippen LogP contribution < -0.4 is 11.2 Å². The smallest absolute Gasteiger partial charge is 0.312 e. The second-order valence-electron chi connectivity index (χ2n) is 4.78. The van der Waals surface area contributed by atoms with E-state index in [0.717, 1.165) is 30.7 Å². The summed E-state index contributed by atoms with van der Waals surface area (Å²) in [6.07, 6.45) is 10.7. The molecule has 8 heteroatoms. The number of hydrogen-bond donors (Lipinski definition) is 2. The van der Waals surface area contributed by atoms with E-state index in [1.807, 2.05) is 0 Å². The van der Waals surface area contributed by atoms with Gasteiger partial charge < -0.3 is 5.73 Å². The maximum atomic E-state index is 11.8. The normalized spacial score (nSPS) is 21.6. The number of halogens is 1. The summed E-state index contributed by atoms with van der Waals surface area (Å²) in [7, 11) is 0. The van der Waals surface area contributed by atoms with Crippen molar-refractivity contribution in [1.29, 1.82) is 0 Å². The largest absolute Gasteiger partial charge is 0.330 e. The molecule has 21 heavy (non-hydrogen) atoms. The maximum absolute atomic E-state index is 11.8. The summed E-state index contributed by atoms with van der Waals surface area (Å²) in [6, 6.07) is -0.449. The number of amidine groups is 1. The minimum Gasteiger partial charge on any atom is -0.330 e. The molecule has 1 unspecified atom stereocenters. The first-order chi connectivity index (χ1) is 9.81. The van der Waals surface area contributed by atoms with E-state index in [2.05, 4.69) is 20.4 Å². The van der Waals surface area contributed by atoms with Gasteiger partial charge >= 0.3 is 6.04 Å². The van der Waals surface area contributed by atoms with Gasteiger partial charge in [0.25, 0.3) is 5.96 Å². The molecule has 0 aromatic carbocycles. The van der Waals surface area contributed by atoms with Crippen molar-refractivity contribution in [2.75, 3.05) is 13.1 Å². The molecule has 0 aromatic heterocycles. The van der Waals surface area contributed by atoms with E-state index in [4.69, 9.17) is 5.73 Å². The fraction of sp³-hybridized carbons (Fsp3) is 0.615. The monoisotopic (exact) mass is 313 g/mol. The van der Waals surface area contributed by atoms with Crippen LogP contribution in [0.4, 0.5) is 0 Å². The quantitative estimate of drug-likeness (QED) is 0.549. The third-order valence-electron chi connectivity index (χ3n) is 3.16. The van der Waals surface area contributed by atoms with Crippen LogP contribution in [-0.2, 0) is 0 Å². The van der Waals surface area contributed by atoms with Crippen LogP contribution in [-0.4, -0.2) is 42.0 Å². The van der Waals surface area contributed by atoms with Crippen LogP contribution >= 0.6 is 12.4 Å². The van der Waals surface area contributed by atoms with Gasteiger partial charge in [-0.2, -0.15) is 4.99 Å². The molecule has 0 radical (unpaired) electrons. The van der Waals surface area contributed by atoms with Crippen LogP contribution in [0.5, 0.6) is 0 Å². The number of nitrogens with zero attached hydrogens (tertiary/aromatic N) is 4. The van der Waals surface area contributed by atoms with Crippen molar-refractivity contribution in [3.8, 4) is 0 Å². The Morgan fingerprint density at radius 1 is 1.29 bits per heavy atom. The molecule has 2 rings (SSSR count). The molecule has 7 nitrogen and oxygen atoms in total. The zero-order valence-corrected chi connectivity index (χ0v) is 12.8. The average Bonchev–Trinajstić information content (AvgIpc) is 2.46. The highest BCUT2D eigenvalue weighted by molar-refractivity contribution is 6.05. The van der Waals surface area contributed by atoms with Crippen LogP contribution in [0.3, 0.4) is 0 Å². The molecule has 0 saturated heterocycles. The lowest BCUT2D eigenvalue weighted by Crippen LogP contribution is -2.47. The van der Waals surface area contributed by atoms with E-state index < -0.39 is 6.04 Å². The molecular weight excluding hydrogens is 292 g/mol. The zero-order chi connectivity index (χ0) is 14.2. The Hall–Kier alpha value is -1.60. The molecule has 2 aliphatic heterocycles. The van der Waals surface area contributed by atoms with Crippen molar-refractivity contribution in [3.63, 3.8) is 0 Å². The number of hydrazine groups is 1. The predicted molar refractivity (Wildman–Crippen MR) is 87.3 cm³/mol. The van der Waals surface area contributed by atoms with Gasteiger partial charge in [0.2, 0.25) is 5.84 Å². The number of allylic oxidation sites excluding steroid dienone is 1. The molecule has 0 aliphatic carbocycles. The SMILES string of the molecule is Cl.NCCCCCCCN=C1N=C2N=CC=CC2[N+](=O)N1. The van der Waals surface area contributed by atoms with E-state index in [-0.39, 0.29) is 12.4 Å². The third-order valence-corrected chi connectivity index (χ3v) is 3.16. The second kappa shape index (κ2) is 9.36. The number of unbranched alkanes of at least 4 members (excludes halogenated alkanes) is 4. The van der Waals surface area contributed by atoms with Crippen molar-refractivity contribution in [2.24, 2.45) is 20.7 Å². The summed E-state index contributed by atoms with van der Waals surface area (Å²) in [5.41, 5.74) is 8.06. The average molecular weight is 314 g/mol. The van der Waals surface area contributed by atoms with Crippen molar-refractivity contribution in [1.82, 2.24) is 5.43 Å². The summed E-state index contributed by atoms with van der Waals surface area (Å²) >= 11 is 0. The van der Waals surface area contributed by atoms with Gasteiger partial charge in [0.1, 0.15) is 4.87 Å². The van der Waals surface area contributed by atoms with Crippen molar-refractivity contribution >= 4 is 30.4 Å². The Morgan fingerprint density at radius 3 is 2.86 bits per heavy atom. The third kappa shape index (κ3) is 5.35. The van der Waals surface area contributed by atoms with E-state index in [1.54, 1.807) is 18.4 Å². The molecule has 3 N–H and O–H groups in total. The predicted octanol–water partition coefficient (Wildman–Crippen LogP) is 1.38. The molecule has 0 fully saturated rings. The maximum Gasteiger partial charge on any atom is 0.312 e. The minimum absolute atomic E-state index is 0. The highest BCUT2D eigenvalue weighted by atomic mass is 35.5. The standard InChI is InChI=1S/C13H21N6O.ClH/c14-8-4-2-1-3-5-9-16-13-17-12-11(19(20)18-13)7-6-10-15-12;/h6-7,10-11H,1-5,8-9,14H2,(H,16,18,20);1H/q+1;. The summed E-state index contributed by atoms with van der Waals surface area (Å²) in [5.74, 6) is 0.837. The fourth-order valence-electron chi connectivity index (χ4n) is 2.06. The number of nitrogens with one attached hydrogen (secondary N) is 1. The summed E-state index contributed by atoms with van der Waals surface area (Å²) in [4.78, 5) is 25.1. The van der Waals surface area contributed by atoms with Gasteiger partial charge in [0, 0.05) is 18.8 Å². The lowest BCUT2D eigenvalue weighted by Gasteiger charge is -2.12. The Labute approximate surface area is 130 Å². The van der Waals surface area contributed by atoms with Gasteiger partial charge in [-0.25, -0.2) is 9.98 Å². The number of aliphatic imine (C=N–C) groups is 3. The van der Waals surface area contributed by atoms with Crippen molar-refractivity contribution in [3.05, 3.63) is 17.1 Å². The molecule has 0 amide bonds. The minimum atomic E-state index is -0.449. The number of guanidine groups is 1. The van der Waals surface area contributed by atoms with Gasteiger partial charge in [0.15, 0.2) is 0 Å². The van der Waals surface area contributed by atoms with Crippen LogP contribution in [0.15, 0.2) is 27.1 Å². The van der Waals surface area contributed by atoms with E-state index in [0.29, 0.717) is 18.3 Å². The molecule has 2 heterocycles. The Balaban J connectivity index is 0.00000220. The van der Waals surface area contributed by atoms with Crippen LogP contribution in [0, 0.1) is 4.91 Å². The Morgan fingerprint density at radius 2 is 2.05 bits per heavy atom. The Kier molecular flexibility index (Phi) is 7.78. The molecule has 0 aromatic rings. The van der Waals surface area contributed by atoms with Crippen LogP contribution in [0.2, 0.25) is 0 Å². The topological polar surface area (TPSA) is 95.2 Å². The molecule has 0 saturated carbocycles. The van der Waals surface area contributed by atoms with Gasteiger partial charge in [-0.3, -0.25) is 0 Å². The number of dihydropyridines is 1. The highest BCUT2D eigenvalue weighted by Crippen LogP contribution is 2.07. The first kappa shape index (κ1) is 17.5. The summed E-state index contributed by atoms with van der Waals surface area (Å²) in [6.45, 7) is 1.43. The summed E-state index contributed by atoms with van der Waals surface area (Å²) in [5, 5.41) is 0.